The molecule has 17 rings (SSSR count). The second-order valence-corrected chi connectivity index (χ2v) is 51.5. The topological polar surface area (TPSA) is 405 Å². The Morgan fingerprint density at radius 2 is 0.858 bits per heavy atom. The van der Waals surface area contributed by atoms with Gasteiger partial charge in [0.25, 0.3) is 28.3 Å². The van der Waals surface area contributed by atoms with Crippen LogP contribution in [-0.4, -0.2) is 184 Å². The molecule has 4 aromatic heterocycles. The van der Waals surface area contributed by atoms with Crippen molar-refractivity contribution in [2.75, 3.05) is 40.6 Å². The molecule has 40 heteroatoms. The van der Waals surface area contributed by atoms with Gasteiger partial charge in [0.2, 0.25) is 6.54 Å². The van der Waals surface area contributed by atoms with E-state index in [0.29, 0.717) is 18.8 Å². The Bertz CT molecular complexity index is 5750. The first kappa shape index (κ1) is 118. The van der Waals surface area contributed by atoms with Gasteiger partial charge in [-0.3, -0.25) is 57.4 Å². The van der Waals surface area contributed by atoms with Gasteiger partial charge < -0.3 is 72.0 Å². The van der Waals surface area contributed by atoms with Crippen LogP contribution in [0.2, 0.25) is 36.3 Å². The minimum Gasteiger partial charge on any atom is -0.497 e. The molecule has 30 nitrogen and oxygen atoms in total. The summed E-state index contributed by atoms with van der Waals surface area (Å²) in [7, 11) is -1.06. The summed E-state index contributed by atoms with van der Waals surface area (Å²) >= 11 is 7.22. The number of fused-ring (bicyclic) bond motifs is 5. The number of halogens is 6. The van der Waals surface area contributed by atoms with Gasteiger partial charge in [-0.05, 0) is 165 Å². The molecule has 7 aromatic rings. The van der Waals surface area contributed by atoms with Gasteiger partial charge in [0, 0.05) is 87.3 Å². The molecule has 10 saturated carbocycles. The summed E-state index contributed by atoms with van der Waals surface area (Å²) in [5.41, 5.74) is 2.95. The van der Waals surface area contributed by atoms with Gasteiger partial charge in [-0.25, -0.2) is 52.5 Å². The summed E-state index contributed by atoms with van der Waals surface area (Å²) in [6.45, 7) is 51.3. The van der Waals surface area contributed by atoms with Gasteiger partial charge in [-0.15, -0.1) is 11.6 Å². The number of nitrogens with zero attached hydrogens (tertiary/aromatic N) is 6. The van der Waals surface area contributed by atoms with E-state index in [4.69, 9.17) is 51.3 Å². The number of methoxy groups -OCH3 is 2. The summed E-state index contributed by atoms with van der Waals surface area (Å²) in [5.74, 6) is 1.78. The third-order valence-corrected chi connectivity index (χ3v) is 41.3. The van der Waals surface area contributed by atoms with Crippen molar-refractivity contribution >= 4 is 43.4 Å². The first-order valence-electron chi connectivity index (χ1n) is 47.8. The first-order chi connectivity index (χ1) is 66.0. The van der Waals surface area contributed by atoms with Crippen molar-refractivity contribution in [2.24, 2.45) is 67.6 Å². The van der Waals surface area contributed by atoms with E-state index < -0.39 is 151 Å². The molecule has 26 atom stereocenters. The quantitative estimate of drug-likeness (QED) is 0.00213. The molecule has 1 unspecified atom stereocenters. The Morgan fingerprint density at radius 3 is 1.19 bits per heavy atom. The van der Waals surface area contributed by atoms with Crippen molar-refractivity contribution in [3.8, 4) is 11.5 Å². The monoisotopic (exact) mass is 2090 g/mol. The maximum atomic E-state index is 15.5. The largest absolute Gasteiger partial charge is 2.00 e. The Morgan fingerprint density at radius 1 is 0.539 bits per heavy atom. The number of alkyl halides is 6. The third-order valence-electron chi connectivity index (χ3n) is 31.1. The number of carbonyl (C=O) groups excluding carboxylic acids is 1. The van der Waals surface area contributed by atoms with Gasteiger partial charge in [0.15, 0.2) is 25.7 Å². The number of benzene rings is 3. The molecule has 10 aliphatic rings. The molecule has 141 heavy (non-hydrogen) atoms. The van der Waals surface area contributed by atoms with Gasteiger partial charge >= 0.3 is 39.3 Å². The van der Waals surface area contributed by atoms with Crippen LogP contribution in [0.1, 0.15) is 195 Å². The van der Waals surface area contributed by atoms with E-state index in [0.717, 1.165) is 96.6 Å². The van der Waals surface area contributed by atoms with Crippen LogP contribution in [0.15, 0.2) is 184 Å². The number of aromatic nitrogens is 8. The van der Waals surface area contributed by atoms with Crippen LogP contribution in [0.25, 0.3) is 4.85 Å². The minimum absolute atomic E-state index is 0. The average molecular weight is 2090 g/mol. The fourth-order valence-corrected chi connectivity index (χ4v) is 24.6. The van der Waals surface area contributed by atoms with Crippen LogP contribution in [-0.2, 0) is 48.9 Å². The standard InChI is InChI=1S/C21H19ClO2.C18H29FN2O3Si.C15H19FN3O4P.C14H28FNOSi.C12H15FN2O3.C11H13FN2O4.C4H5NO2.2C3H7.Ni/c1-23-19-12-8-17(9-13-19)21(22,16-6-4-3-5-7-16)18-10-14-20(24-2)15-11-18;1-7-18-10-11(18)14(21-9-8-12(22)20-16(21)23)13(19)15(18)24-25(5,6)17(2,3)4;1-3-15-8-9(15)12(19-6-4-10(20)18-14(19)21)11(16)13(15)23-24-22-7-5-17-2;1-7-14-8-9(14)11(16)10(15)12(14)17-18(5,6)13(2,3)4;1-2-12-5-6(12)9(8(13)10(12)17)15-4-3-7(16)14-11(15)18;12-7-8(5-3-11(5,4-15)9(7)17)14-2-1-6(16)13-10(14)18;1-2-3-7-5-4-6;2*1-3-2;/h3-15H,1-2H3;8-9,11,13-15H,7,10H2,1-6H3,(H,20,22,23);4,6,9,11-13,24H,3,5,7-8H2,1H3,(H,18,20,21);9-12H,7-8,16H2,1-6H3;3-4,6,8-10,17H,2,5H2,1H3,(H,14,16,18);1-2,5,7-9,15,17H,3-4H2,(H,13,16,18);2H,1,3H2;2*1,3H2,2H3;/q;;;;;;;2*-1;+2/t;11-,13+,14-,15+,18-;9-,11+,12-,13+,15-;9-,10+,11-,12+,14-;6-,8+,9-,10+,12-;5-,7+,8-,9+,11+;;;;/m.11111..../s1. The van der Waals surface area contributed by atoms with E-state index in [-0.39, 0.29) is 119 Å². The smallest absolute Gasteiger partial charge is 0.497 e. The Balaban J connectivity index is 0.000000202. The van der Waals surface area contributed by atoms with Gasteiger partial charge in [-0.2, -0.15) is 12.8 Å². The summed E-state index contributed by atoms with van der Waals surface area (Å²) in [4.78, 5) is 117. The van der Waals surface area contributed by atoms with Crippen molar-refractivity contribution < 1.29 is 90.8 Å². The maximum Gasteiger partial charge on any atom is 2.00 e. The van der Waals surface area contributed by atoms with Crippen molar-refractivity contribution in [3.63, 3.8) is 0 Å². The number of isocyanates is 1. The Kier molecular flexibility index (Phi) is 40.5. The van der Waals surface area contributed by atoms with Crippen molar-refractivity contribution in [1.29, 1.82) is 0 Å². The van der Waals surface area contributed by atoms with E-state index in [1.54, 1.807) is 14.2 Å². The molecular weight excluding hydrogens is 1950 g/mol. The van der Waals surface area contributed by atoms with Crippen LogP contribution in [0.4, 0.5) is 22.0 Å². The number of hydrogen-bond donors (Lipinski definition) is 8. The molecule has 0 radical (unpaired) electrons. The Hall–Kier alpha value is -8.63. The summed E-state index contributed by atoms with van der Waals surface area (Å²) in [6, 6.07) is 27.7. The van der Waals surface area contributed by atoms with Gasteiger partial charge in [0.05, 0.1) is 69.4 Å². The maximum absolute atomic E-state index is 15.5. The zero-order chi connectivity index (χ0) is 104. The number of aliphatic hydroxyl groups is 3. The molecule has 9 N–H and O–H groups in total. The van der Waals surface area contributed by atoms with E-state index in [2.05, 4.69) is 137 Å². The van der Waals surface area contributed by atoms with E-state index in [9.17, 15) is 71.6 Å². The molecule has 4 heterocycles. The molecule has 0 amide bonds. The molecule has 10 fully saturated rings. The number of aromatic amines is 4. The van der Waals surface area contributed by atoms with Gasteiger partial charge in [0.1, 0.15) is 66.5 Å². The SMILES string of the molecule is C=CCON=C=O.CC[C@@]12C[C@@H]1[C@@H](N)[C@H](F)[C@@H]2O[Si](C)(C)C(C)(C)C.CC[C@@]12C[C@@H]1[C@@H](n1ccc(=O)[nH]c1=O)[C@H](F)[C@@H]2O.CC[C@@]12C[C@@H]1[C@@H](n1ccc(=O)[nH]c1=O)[C@H](F)[C@@H]2O[Si](C)(C)C(C)(C)C.COc1ccc(C(Cl)(c2ccccc2)c2ccc(OC)cc2)cc1.O=c1ccn([C@H]2[C@H](F)[C@H](O)[C@]3(CO)C[C@H]23)c(=O)[nH]1.[C-]#[N+]CCOPO[C@H]1[C@@H](F)[C@H](n2ccc(=O)[nH]c2=O)[C@H]2C[C@]21CC.[CH2-]CC.[CH2-]CC.[Ni+2]. The number of H-pyrrole nitrogens is 4. The third kappa shape index (κ3) is 24.7. The molecule has 780 valence electrons. The predicted octanol–water partition coefficient (Wildman–Crippen LogP) is 15.5. The van der Waals surface area contributed by atoms with Gasteiger partial charge in [-0.1, -0.05) is 150 Å². The zero-order valence-electron chi connectivity index (χ0n) is 83.7. The van der Waals surface area contributed by atoms with E-state index >= 15 is 8.78 Å². The molecule has 0 saturated heterocycles. The Labute approximate surface area is 839 Å². The summed E-state index contributed by atoms with van der Waals surface area (Å²) in [6.07, 6.45) is 6.97. The van der Waals surface area contributed by atoms with Crippen molar-refractivity contribution in [3.05, 3.63) is 266 Å². The summed E-state index contributed by atoms with van der Waals surface area (Å²) < 4.78 is 112. The number of ether oxygens (including phenoxy) is 2. The van der Waals surface area contributed by atoms with Crippen LogP contribution >= 0.6 is 20.6 Å². The average Bonchev–Trinajstić information content (AvgIpc) is 1.54. The van der Waals surface area contributed by atoms with Crippen LogP contribution in [0.5, 0.6) is 11.5 Å². The number of hydrogen-bond acceptors (Lipinski definition) is 21. The molecular formula is C101H142ClF5N11NiO19PSi2. The number of nitrogens with two attached hydrogens (primary N) is 1. The number of rotatable bonds is 26. The number of aliphatic hydroxyl groups excluding tert-OH is 3. The minimum atomic E-state index is -2.13. The molecule has 3 aromatic carbocycles. The molecule has 0 spiro atoms. The molecule has 10 aliphatic carbocycles. The fraction of sp³-hybridized carbons (Fsp3) is 0.604. The molecule has 0 aliphatic heterocycles. The fourth-order valence-electron chi connectivity index (χ4n) is 20.8. The normalized spacial score (nSPS) is 30.8. The van der Waals surface area contributed by atoms with Crippen molar-refractivity contribution in [2.45, 2.75) is 286 Å². The van der Waals surface area contributed by atoms with Crippen LogP contribution in [0.3, 0.4) is 0 Å². The van der Waals surface area contributed by atoms with Crippen molar-refractivity contribution in [1.82, 2.24) is 38.2 Å². The predicted molar refractivity (Wildman–Crippen MR) is 535 cm³/mol. The second-order valence-electron chi connectivity index (χ2n) is 40.7. The zero-order valence-corrected chi connectivity index (χ0v) is 88.4. The summed E-state index contributed by atoms with van der Waals surface area (Å²) in [5, 5.41) is 32.0. The van der Waals surface area contributed by atoms with Crippen LogP contribution in [0, 0.1) is 77.1 Å². The molecule has 0 bridgehead atoms. The van der Waals surface area contributed by atoms with Crippen LogP contribution < -0.4 is 60.2 Å². The van der Waals surface area contributed by atoms with E-state index in [1.165, 1.54) is 68.8 Å². The van der Waals surface area contributed by atoms with E-state index in [1.807, 2.05) is 107 Å². The number of nitrogens with one attached hydrogen (secondary N) is 4. The second kappa shape index (κ2) is 48.6. The first-order valence-corrected chi connectivity index (χ1v) is 54.8.